The van der Waals surface area contributed by atoms with Crippen molar-refractivity contribution in [3.63, 3.8) is 0 Å². The van der Waals surface area contributed by atoms with Gasteiger partial charge < -0.3 is 35.2 Å². The number of aromatic carboxylic acids is 1. The number of aliphatic hydroxyl groups is 1. The van der Waals surface area contributed by atoms with Crippen LogP contribution in [0.15, 0.2) is 34.9 Å². The molecule has 6 atom stereocenters. The Labute approximate surface area is 253 Å². The van der Waals surface area contributed by atoms with Crippen LogP contribution in [0.5, 0.6) is 0 Å². The average Bonchev–Trinajstić information content (AvgIpc) is 3.54. The van der Waals surface area contributed by atoms with Crippen molar-refractivity contribution in [1.82, 2.24) is 10.2 Å². The van der Waals surface area contributed by atoms with Gasteiger partial charge in [0.2, 0.25) is 18.6 Å². The summed E-state index contributed by atoms with van der Waals surface area (Å²) in [6.45, 7) is 3.35. The lowest BCUT2D eigenvalue weighted by Crippen LogP contribution is -2.63. The summed E-state index contributed by atoms with van der Waals surface area (Å²) in [6, 6.07) is 5.03. The first-order valence-corrected chi connectivity index (χ1v) is 15.6. The van der Waals surface area contributed by atoms with Gasteiger partial charge in [-0.3, -0.25) is 14.4 Å². The molecule has 5 rings (SSSR count). The minimum absolute atomic E-state index is 0.0608. The monoisotopic (exact) mass is 615 g/mol. The molecule has 3 fully saturated rings. The number of carboxylic acid groups (broad SMARTS) is 1. The van der Waals surface area contributed by atoms with Crippen LogP contribution in [0.1, 0.15) is 62.7 Å². The lowest BCUT2D eigenvalue weighted by atomic mass is 9.79. The molecule has 0 bridgehead atoms. The lowest BCUT2D eigenvalue weighted by molar-refractivity contribution is -0.174. The first-order valence-electron chi connectivity index (χ1n) is 14.7. The first kappa shape index (κ1) is 31.0. The van der Waals surface area contributed by atoms with Gasteiger partial charge in [0.1, 0.15) is 5.70 Å². The fraction of sp³-hybridized carbons (Fsp3) is 0.567. The van der Waals surface area contributed by atoms with Gasteiger partial charge in [-0.1, -0.05) is 32.3 Å². The first-order chi connectivity index (χ1) is 20.6. The van der Waals surface area contributed by atoms with Crippen molar-refractivity contribution >= 4 is 47.2 Å². The fourth-order valence-corrected chi connectivity index (χ4v) is 7.94. The van der Waals surface area contributed by atoms with Crippen LogP contribution in [-0.4, -0.2) is 81.6 Å². The number of thioether (sulfide) groups is 1. The van der Waals surface area contributed by atoms with Gasteiger partial charge in [0.15, 0.2) is 0 Å². The molecule has 0 radical (unpaired) electrons. The Morgan fingerprint density at radius 3 is 2.60 bits per heavy atom. The molecular formula is C30H37N3O9S. The molecule has 0 spiro atoms. The predicted molar refractivity (Wildman–Crippen MR) is 155 cm³/mol. The van der Waals surface area contributed by atoms with E-state index in [2.05, 4.69) is 10.6 Å². The van der Waals surface area contributed by atoms with E-state index in [0.717, 1.165) is 32.1 Å². The van der Waals surface area contributed by atoms with Gasteiger partial charge in [0.05, 0.1) is 35.6 Å². The Balaban J connectivity index is 1.25. The van der Waals surface area contributed by atoms with Crippen LogP contribution in [0, 0.1) is 17.8 Å². The highest BCUT2D eigenvalue weighted by atomic mass is 32.2. The second-order valence-corrected chi connectivity index (χ2v) is 13.0. The van der Waals surface area contributed by atoms with E-state index < -0.39 is 42.8 Å². The molecule has 4 aliphatic rings. The molecular weight excluding hydrogens is 578 g/mol. The number of anilines is 1. The molecule has 1 aromatic carbocycles. The van der Waals surface area contributed by atoms with Crippen LogP contribution in [-0.2, 0) is 28.7 Å². The molecule has 0 unspecified atom stereocenters. The van der Waals surface area contributed by atoms with Crippen molar-refractivity contribution in [2.75, 3.05) is 18.7 Å². The Hall–Kier alpha value is -3.42. The van der Waals surface area contributed by atoms with E-state index in [9.17, 15) is 34.2 Å². The predicted octanol–water partition coefficient (Wildman–Crippen LogP) is 2.48. The number of nitrogens with zero attached hydrogens (tertiary/aromatic N) is 1. The second-order valence-electron chi connectivity index (χ2n) is 11.6. The van der Waals surface area contributed by atoms with Crippen molar-refractivity contribution in [3.8, 4) is 0 Å². The summed E-state index contributed by atoms with van der Waals surface area (Å²) in [5.74, 6) is -4.04. The number of fused-ring (bicyclic) bond motifs is 1. The highest BCUT2D eigenvalue weighted by molar-refractivity contribution is 8.03. The SMILES string of the molecule is C[C@@H](O)[C@H]1C(=O)N2C(C(=O)OCOC(=O)C3CCCCC3)=C(S[C@@H]3CN[C@H](C(=O)Nc4cccc(C(=O)O)c4)C3)[C@H](C)[C@H]12. The van der Waals surface area contributed by atoms with E-state index in [1.165, 1.54) is 28.8 Å². The molecule has 2 amide bonds. The summed E-state index contributed by atoms with van der Waals surface area (Å²) >= 11 is 1.39. The zero-order valence-corrected chi connectivity index (χ0v) is 24.9. The molecule has 13 heteroatoms. The number of hydrogen-bond donors (Lipinski definition) is 4. The quantitative estimate of drug-likeness (QED) is 0.173. The van der Waals surface area contributed by atoms with Gasteiger partial charge in [-0.05, 0) is 44.4 Å². The van der Waals surface area contributed by atoms with E-state index in [4.69, 9.17) is 9.47 Å². The van der Waals surface area contributed by atoms with Gasteiger partial charge in [-0.15, -0.1) is 11.8 Å². The maximum atomic E-state index is 13.3. The van der Waals surface area contributed by atoms with Crippen molar-refractivity contribution in [2.24, 2.45) is 17.8 Å². The molecule has 3 heterocycles. The normalized spacial score (nSPS) is 27.7. The average molecular weight is 616 g/mol. The van der Waals surface area contributed by atoms with E-state index in [1.54, 1.807) is 19.1 Å². The number of amides is 2. The van der Waals surface area contributed by atoms with Gasteiger partial charge in [0, 0.05) is 28.3 Å². The number of nitrogens with one attached hydrogen (secondary N) is 2. The summed E-state index contributed by atoms with van der Waals surface area (Å²) < 4.78 is 10.6. The second kappa shape index (κ2) is 13.1. The smallest absolute Gasteiger partial charge is 0.358 e. The summed E-state index contributed by atoms with van der Waals surface area (Å²) in [5.41, 5.74) is 0.526. The number of β-lactam (4-membered cyclic amide) rings is 1. The zero-order valence-electron chi connectivity index (χ0n) is 24.1. The molecule has 2 saturated heterocycles. The van der Waals surface area contributed by atoms with Crippen molar-refractivity contribution in [1.29, 1.82) is 0 Å². The maximum Gasteiger partial charge on any atom is 0.358 e. The molecule has 1 aromatic rings. The molecule has 43 heavy (non-hydrogen) atoms. The Bertz CT molecular complexity index is 1330. The highest BCUT2D eigenvalue weighted by Crippen LogP contribution is 2.52. The Kier molecular flexibility index (Phi) is 9.42. The van der Waals surface area contributed by atoms with Crippen LogP contribution in [0.25, 0.3) is 0 Å². The van der Waals surface area contributed by atoms with Crippen LogP contribution in [0.2, 0.25) is 0 Å². The summed E-state index contributed by atoms with van der Waals surface area (Å²) in [4.78, 5) is 65.0. The van der Waals surface area contributed by atoms with E-state index in [0.29, 0.717) is 23.6 Å². The van der Waals surface area contributed by atoms with Crippen LogP contribution >= 0.6 is 11.8 Å². The third-order valence-electron chi connectivity index (χ3n) is 8.71. The lowest BCUT2D eigenvalue weighted by Gasteiger charge is -2.46. The number of benzene rings is 1. The number of rotatable bonds is 10. The molecule has 4 N–H and O–H groups in total. The fourth-order valence-electron chi connectivity index (χ4n) is 6.47. The number of hydrogen-bond acceptors (Lipinski definition) is 10. The molecule has 232 valence electrons. The van der Waals surface area contributed by atoms with Crippen LogP contribution in [0.3, 0.4) is 0 Å². The van der Waals surface area contributed by atoms with Crippen molar-refractivity contribution < 1.29 is 43.7 Å². The Morgan fingerprint density at radius 1 is 1.16 bits per heavy atom. The van der Waals surface area contributed by atoms with Crippen molar-refractivity contribution in [3.05, 3.63) is 40.4 Å². The molecule has 1 saturated carbocycles. The minimum atomic E-state index is -1.09. The van der Waals surface area contributed by atoms with E-state index in [-0.39, 0.29) is 46.1 Å². The number of aliphatic hydroxyl groups excluding tert-OH is 1. The third kappa shape index (κ3) is 6.43. The number of esters is 2. The maximum absolute atomic E-state index is 13.3. The zero-order chi connectivity index (χ0) is 30.8. The summed E-state index contributed by atoms with van der Waals surface area (Å²) in [6.07, 6.45) is 4.05. The van der Waals surface area contributed by atoms with Crippen LogP contribution in [0.4, 0.5) is 5.69 Å². The Morgan fingerprint density at radius 2 is 1.91 bits per heavy atom. The third-order valence-corrected chi connectivity index (χ3v) is 10.2. The summed E-state index contributed by atoms with van der Waals surface area (Å²) in [7, 11) is 0. The van der Waals surface area contributed by atoms with E-state index >= 15 is 0 Å². The van der Waals surface area contributed by atoms with Gasteiger partial charge in [-0.25, -0.2) is 9.59 Å². The van der Waals surface area contributed by atoms with Crippen molar-refractivity contribution in [2.45, 2.75) is 75.8 Å². The number of carboxylic acids is 1. The van der Waals surface area contributed by atoms with Gasteiger partial charge in [0.25, 0.3) is 0 Å². The highest BCUT2D eigenvalue weighted by Gasteiger charge is 2.60. The summed E-state index contributed by atoms with van der Waals surface area (Å²) in [5, 5.41) is 25.3. The number of carbonyl (C=O) groups is 5. The van der Waals surface area contributed by atoms with Crippen LogP contribution < -0.4 is 10.6 Å². The van der Waals surface area contributed by atoms with Gasteiger partial charge >= 0.3 is 17.9 Å². The van der Waals surface area contributed by atoms with Gasteiger partial charge in [-0.2, -0.15) is 0 Å². The largest absolute Gasteiger partial charge is 0.478 e. The topological polar surface area (TPSA) is 172 Å². The van der Waals surface area contributed by atoms with E-state index in [1.807, 2.05) is 6.92 Å². The molecule has 3 aliphatic heterocycles. The minimum Gasteiger partial charge on any atom is -0.478 e. The molecule has 12 nitrogen and oxygen atoms in total. The molecule has 0 aromatic heterocycles. The molecule has 1 aliphatic carbocycles. The number of ether oxygens (including phenoxy) is 2. The number of carbonyl (C=O) groups excluding carboxylic acids is 4. The standard InChI is InChI=1S/C30H37N3O9S/c1-15-23-22(16(2)34)27(36)33(23)24(30(40)42-14-41-29(39)17-7-4-3-5-8-17)25(15)43-20-12-21(31-13-20)26(35)32-19-10-6-9-18(11-19)28(37)38/h6,9-11,15-17,20-23,31,34H,3-5,7-8,12-14H2,1-2H3,(H,32,35)(H,37,38)/t15-,16-,20+,21+,22-,23-/m1/s1.